The highest BCUT2D eigenvalue weighted by atomic mass is 19.3. The van der Waals surface area contributed by atoms with Gasteiger partial charge in [-0.25, -0.2) is 13.5 Å². The number of guanidine groups is 1. The maximum absolute atomic E-state index is 14.3. The Morgan fingerprint density at radius 1 is 1.16 bits per heavy atom. The summed E-state index contributed by atoms with van der Waals surface area (Å²) in [7, 11) is 1.74. The Morgan fingerprint density at radius 3 is 2.81 bits per heavy atom. The maximum Gasteiger partial charge on any atom is 0.280 e. The first kappa shape index (κ1) is 29.0. The molecule has 13 heteroatoms. The molecule has 1 amide bonds. The first-order valence-corrected chi connectivity index (χ1v) is 14.6. The van der Waals surface area contributed by atoms with Gasteiger partial charge in [0.05, 0.1) is 48.6 Å². The minimum Gasteiger partial charge on any atom is -0.477 e. The highest BCUT2D eigenvalue weighted by Crippen LogP contribution is 2.37. The molecule has 5 heterocycles. The van der Waals surface area contributed by atoms with Crippen LogP contribution in [-0.2, 0) is 11.8 Å². The lowest BCUT2D eigenvalue weighted by Gasteiger charge is -2.26. The molecule has 1 aromatic carbocycles. The standard InChI is InChI=1S/C30H36F2N8O3/c1-19-14-21-15-24(35-19)23-17-34-38(2)29(23)43-11-3-4-20(27(31)32)18-40-26-6-5-22(16-25(26)36-30(40)37-28(21)41)33-7-8-39-9-12-42-13-10-39/h5-6,14-17,20,27,33H,3-4,7-13,18H2,1-2H3,(H,36,37,41). The van der Waals surface area contributed by atoms with E-state index in [4.69, 9.17) is 9.47 Å². The van der Waals surface area contributed by atoms with Gasteiger partial charge in [-0.05, 0) is 50.1 Å². The summed E-state index contributed by atoms with van der Waals surface area (Å²) in [5.41, 5.74) is 4.39. The molecule has 228 valence electrons. The molecule has 1 atom stereocenters. The lowest BCUT2D eigenvalue weighted by atomic mass is 10.0. The number of hydrogen-bond donors (Lipinski definition) is 2. The van der Waals surface area contributed by atoms with E-state index < -0.39 is 18.3 Å². The third-order valence-corrected chi connectivity index (χ3v) is 7.95. The number of nitrogens with zero attached hydrogens (tertiary/aromatic N) is 6. The average Bonchev–Trinajstić information content (AvgIpc) is 3.53. The molecule has 1 unspecified atom stereocenters. The van der Waals surface area contributed by atoms with Crippen molar-refractivity contribution >= 4 is 28.9 Å². The van der Waals surface area contributed by atoms with Gasteiger partial charge in [0, 0.05) is 62.6 Å². The molecule has 6 rings (SSSR count). The van der Waals surface area contributed by atoms with E-state index in [1.807, 2.05) is 18.2 Å². The zero-order valence-electron chi connectivity index (χ0n) is 24.4. The van der Waals surface area contributed by atoms with E-state index in [1.54, 1.807) is 41.9 Å². The van der Waals surface area contributed by atoms with Crippen molar-refractivity contribution in [3.05, 3.63) is 47.8 Å². The first-order valence-electron chi connectivity index (χ1n) is 14.6. The molecule has 1 fully saturated rings. The number of rotatable bonds is 5. The molecule has 2 N–H and O–H groups in total. The predicted octanol–water partition coefficient (Wildman–Crippen LogP) is 4.02. The Bertz CT molecular complexity index is 1500. The normalized spacial score (nSPS) is 20.6. The van der Waals surface area contributed by atoms with Crippen molar-refractivity contribution in [1.82, 2.24) is 19.7 Å². The minimum atomic E-state index is -2.56. The summed E-state index contributed by atoms with van der Waals surface area (Å²) in [5.74, 6) is -0.785. The van der Waals surface area contributed by atoms with Crippen LogP contribution in [0.1, 0.15) is 28.9 Å². The molecule has 3 aliphatic heterocycles. The fourth-order valence-electron chi connectivity index (χ4n) is 5.65. The number of anilines is 3. The third-order valence-electron chi connectivity index (χ3n) is 7.95. The smallest absolute Gasteiger partial charge is 0.280 e. The minimum absolute atomic E-state index is 0.00876. The second kappa shape index (κ2) is 12.6. The Labute approximate surface area is 248 Å². The molecule has 11 nitrogen and oxygen atoms in total. The highest BCUT2D eigenvalue weighted by molar-refractivity contribution is 6.19. The second-order valence-electron chi connectivity index (χ2n) is 11.0. The fourth-order valence-corrected chi connectivity index (χ4v) is 5.65. The number of hydrogen-bond acceptors (Lipinski definition) is 9. The zero-order valence-corrected chi connectivity index (χ0v) is 24.4. The summed E-state index contributed by atoms with van der Waals surface area (Å²) in [5, 5.41) is 11.0. The number of carbonyl (C=O) groups excluding carboxylic acids is 1. The molecule has 0 aliphatic carbocycles. The van der Waals surface area contributed by atoms with Crippen molar-refractivity contribution in [3.8, 4) is 17.1 Å². The SMILES string of the molecule is Cc1cc2cc(n1)-c1cnn(C)c1OCCCC(C(F)F)CN1/C(=N/C2=O)Nc2cc(NCCN3CCOCC3)ccc21. The highest BCUT2D eigenvalue weighted by Gasteiger charge is 2.32. The van der Waals surface area contributed by atoms with Crippen molar-refractivity contribution in [2.45, 2.75) is 26.2 Å². The number of morpholine rings is 1. The number of pyridine rings is 1. The summed E-state index contributed by atoms with van der Waals surface area (Å²) in [6.45, 7) is 6.98. The van der Waals surface area contributed by atoms with Crippen LogP contribution in [0.5, 0.6) is 5.88 Å². The van der Waals surface area contributed by atoms with Gasteiger partial charge >= 0.3 is 0 Å². The van der Waals surface area contributed by atoms with Gasteiger partial charge in [0.2, 0.25) is 18.3 Å². The van der Waals surface area contributed by atoms with Gasteiger partial charge in [-0.2, -0.15) is 10.1 Å². The summed E-state index contributed by atoms with van der Waals surface area (Å²) < 4.78 is 41.7. The fraction of sp³-hybridized carbons (Fsp3) is 0.467. The first-order chi connectivity index (χ1) is 20.9. The number of fused-ring (bicyclic) bond motifs is 7. The predicted molar refractivity (Wildman–Crippen MR) is 160 cm³/mol. The monoisotopic (exact) mass is 594 g/mol. The van der Waals surface area contributed by atoms with E-state index >= 15 is 0 Å². The maximum atomic E-state index is 14.3. The van der Waals surface area contributed by atoms with E-state index in [0.717, 1.165) is 45.1 Å². The van der Waals surface area contributed by atoms with Gasteiger partial charge < -0.3 is 25.0 Å². The van der Waals surface area contributed by atoms with Crippen molar-refractivity contribution in [2.75, 3.05) is 68.1 Å². The van der Waals surface area contributed by atoms with Crippen LogP contribution < -0.4 is 20.3 Å². The number of alkyl halides is 2. The van der Waals surface area contributed by atoms with E-state index in [0.29, 0.717) is 46.2 Å². The average molecular weight is 595 g/mol. The molecule has 1 saturated heterocycles. The van der Waals surface area contributed by atoms with Crippen LogP contribution in [-0.4, -0.2) is 90.5 Å². The number of benzene rings is 1. The van der Waals surface area contributed by atoms with Gasteiger partial charge in [0.1, 0.15) is 0 Å². The second-order valence-corrected chi connectivity index (χ2v) is 11.0. The number of nitrogens with one attached hydrogen (secondary N) is 2. The van der Waals surface area contributed by atoms with E-state index in [-0.39, 0.29) is 25.5 Å². The zero-order chi connectivity index (χ0) is 29.9. The van der Waals surface area contributed by atoms with Gasteiger partial charge in [-0.15, -0.1) is 0 Å². The molecular weight excluding hydrogens is 558 g/mol. The lowest BCUT2D eigenvalue weighted by molar-refractivity contribution is 0.0398. The number of aliphatic imine (C=N–C) groups is 1. The van der Waals surface area contributed by atoms with Gasteiger partial charge in [-0.3, -0.25) is 14.7 Å². The Kier molecular flexibility index (Phi) is 8.52. The third kappa shape index (κ3) is 6.47. The van der Waals surface area contributed by atoms with Crippen LogP contribution in [0.4, 0.5) is 25.8 Å². The van der Waals surface area contributed by atoms with Gasteiger partial charge in [0.15, 0.2) is 0 Å². The van der Waals surface area contributed by atoms with Crippen molar-refractivity contribution in [2.24, 2.45) is 18.0 Å². The number of ether oxygens (including phenoxy) is 2. The van der Waals surface area contributed by atoms with Crippen LogP contribution in [0.3, 0.4) is 0 Å². The number of aryl methyl sites for hydroxylation is 2. The molecule has 0 saturated carbocycles. The number of aromatic nitrogens is 3. The molecule has 0 radical (unpaired) electrons. The number of carbonyl (C=O) groups is 1. The summed E-state index contributed by atoms with van der Waals surface area (Å²) in [4.78, 5) is 26.6. The van der Waals surface area contributed by atoms with Crippen molar-refractivity contribution < 1.29 is 23.0 Å². The Morgan fingerprint density at radius 2 is 2.00 bits per heavy atom. The molecular formula is C30H36F2N8O3. The quantitative estimate of drug-likeness (QED) is 0.453. The number of halogens is 2. The Hall–Kier alpha value is -4.10. The topological polar surface area (TPSA) is 109 Å². The van der Waals surface area contributed by atoms with Crippen LogP contribution in [0.25, 0.3) is 11.3 Å². The van der Waals surface area contributed by atoms with E-state index in [9.17, 15) is 13.6 Å². The molecule has 3 aromatic rings. The lowest BCUT2D eigenvalue weighted by Crippen LogP contribution is -2.39. The molecule has 2 bridgehead atoms. The summed E-state index contributed by atoms with van der Waals surface area (Å²) in [6, 6.07) is 9.06. The van der Waals surface area contributed by atoms with Crippen LogP contribution in [0, 0.1) is 12.8 Å². The van der Waals surface area contributed by atoms with Crippen LogP contribution in [0.2, 0.25) is 0 Å². The largest absolute Gasteiger partial charge is 0.477 e. The summed E-state index contributed by atoms with van der Waals surface area (Å²) in [6.07, 6.45) is -0.297. The van der Waals surface area contributed by atoms with Gasteiger partial charge in [-0.1, -0.05) is 0 Å². The van der Waals surface area contributed by atoms with Crippen LogP contribution >= 0.6 is 0 Å². The Balaban J connectivity index is 1.31. The number of amides is 1. The summed E-state index contributed by atoms with van der Waals surface area (Å²) >= 11 is 0. The van der Waals surface area contributed by atoms with Crippen molar-refractivity contribution in [3.63, 3.8) is 0 Å². The van der Waals surface area contributed by atoms with E-state index in [1.165, 1.54) is 0 Å². The van der Waals surface area contributed by atoms with Crippen molar-refractivity contribution in [1.29, 1.82) is 0 Å². The molecule has 2 aromatic heterocycles. The van der Waals surface area contributed by atoms with Crippen LogP contribution in [0.15, 0.2) is 41.5 Å². The van der Waals surface area contributed by atoms with Gasteiger partial charge in [0.25, 0.3) is 5.91 Å². The van der Waals surface area contributed by atoms with E-state index in [2.05, 4.69) is 30.6 Å². The molecule has 3 aliphatic rings. The molecule has 43 heavy (non-hydrogen) atoms. The molecule has 0 spiro atoms.